The molecule has 0 aliphatic carbocycles. The monoisotopic (exact) mass is 354 g/mol. The summed E-state index contributed by atoms with van der Waals surface area (Å²) >= 11 is 0. The summed E-state index contributed by atoms with van der Waals surface area (Å²) in [6, 6.07) is 18.0. The van der Waals surface area contributed by atoms with Crippen LogP contribution in [0.2, 0.25) is 0 Å². The number of nitrogens with zero attached hydrogens (tertiary/aromatic N) is 2. The first-order valence-corrected chi connectivity index (χ1v) is 10.2. The van der Waals surface area contributed by atoms with Gasteiger partial charge in [0.2, 0.25) is 10.0 Å². The maximum atomic E-state index is 12.8. The fourth-order valence-electron chi connectivity index (χ4n) is 3.76. The lowest BCUT2D eigenvalue weighted by Gasteiger charge is -2.27. The number of sulfonamides is 1. The maximum Gasteiger partial charge on any atom is 0.214 e. The molecule has 1 aliphatic heterocycles. The summed E-state index contributed by atoms with van der Waals surface area (Å²) in [6.07, 6.45) is 1.33. The molecule has 2 heterocycles. The smallest absolute Gasteiger partial charge is 0.214 e. The average Bonchev–Trinajstić information content (AvgIpc) is 2.94. The third kappa shape index (κ3) is 2.98. The summed E-state index contributed by atoms with van der Waals surface area (Å²) in [5.74, 6) is 0.164. The molecule has 0 atom stereocenters. The fourth-order valence-corrected chi connectivity index (χ4v) is 5.21. The quantitative estimate of drug-likeness (QED) is 0.722. The van der Waals surface area contributed by atoms with Crippen LogP contribution in [0.25, 0.3) is 10.9 Å². The number of aromatic nitrogens is 1. The van der Waals surface area contributed by atoms with Gasteiger partial charge in [-0.1, -0.05) is 48.5 Å². The van der Waals surface area contributed by atoms with Gasteiger partial charge in [-0.05, 0) is 23.6 Å². The van der Waals surface area contributed by atoms with Crippen molar-refractivity contribution in [3.8, 4) is 0 Å². The van der Waals surface area contributed by atoms with E-state index < -0.39 is 10.0 Å². The second-order valence-electron chi connectivity index (χ2n) is 6.64. The summed E-state index contributed by atoms with van der Waals surface area (Å²) in [7, 11) is -1.19. The molecule has 0 radical (unpaired) electrons. The number of benzene rings is 2. The molecular weight excluding hydrogens is 332 g/mol. The average molecular weight is 354 g/mol. The van der Waals surface area contributed by atoms with E-state index in [4.69, 9.17) is 0 Å². The van der Waals surface area contributed by atoms with Gasteiger partial charge in [0.25, 0.3) is 0 Å². The first kappa shape index (κ1) is 16.4. The second-order valence-corrected chi connectivity index (χ2v) is 8.73. The molecule has 3 aromatic rings. The highest BCUT2D eigenvalue weighted by Gasteiger charge is 2.29. The normalized spacial score (nSPS) is 15.4. The molecule has 0 spiro atoms. The number of aryl methyl sites for hydroxylation is 2. The van der Waals surface area contributed by atoms with E-state index in [1.165, 1.54) is 16.6 Å². The Morgan fingerprint density at radius 3 is 2.52 bits per heavy atom. The van der Waals surface area contributed by atoms with E-state index in [9.17, 15) is 8.42 Å². The van der Waals surface area contributed by atoms with Gasteiger partial charge in [0.1, 0.15) is 0 Å². The molecule has 0 bridgehead atoms. The molecule has 1 aromatic heterocycles. The molecule has 1 aliphatic rings. The van der Waals surface area contributed by atoms with Gasteiger partial charge in [0, 0.05) is 43.2 Å². The van der Waals surface area contributed by atoms with Crippen LogP contribution < -0.4 is 0 Å². The highest BCUT2D eigenvalue weighted by Crippen LogP contribution is 2.31. The van der Waals surface area contributed by atoms with Crippen molar-refractivity contribution in [2.24, 2.45) is 7.05 Å². The third-order valence-corrected chi connectivity index (χ3v) is 6.98. The molecule has 2 aromatic carbocycles. The number of para-hydroxylation sites is 1. The highest BCUT2D eigenvalue weighted by atomic mass is 32.2. The van der Waals surface area contributed by atoms with Crippen LogP contribution in [0.15, 0.2) is 54.6 Å². The van der Waals surface area contributed by atoms with Crippen molar-refractivity contribution < 1.29 is 8.42 Å². The van der Waals surface area contributed by atoms with E-state index in [0.29, 0.717) is 19.5 Å². The first-order valence-electron chi connectivity index (χ1n) is 8.63. The van der Waals surface area contributed by atoms with Gasteiger partial charge in [-0.15, -0.1) is 0 Å². The molecular formula is C20H22N2O2S. The Labute approximate surface area is 148 Å². The molecule has 4 nitrogen and oxygen atoms in total. The van der Waals surface area contributed by atoms with Crippen molar-refractivity contribution >= 4 is 20.9 Å². The van der Waals surface area contributed by atoms with Crippen molar-refractivity contribution in [3.05, 3.63) is 71.4 Å². The molecule has 130 valence electrons. The lowest BCUT2D eigenvalue weighted by molar-refractivity contribution is 0.388. The largest absolute Gasteiger partial charge is 0.347 e. The number of rotatable bonds is 4. The van der Waals surface area contributed by atoms with Gasteiger partial charge >= 0.3 is 0 Å². The number of hydrogen-bond acceptors (Lipinski definition) is 2. The molecule has 0 unspecified atom stereocenters. The van der Waals surface area contributed by atoms with Crippen molar-refractivity contribution in [2.45, 2.75) is 19.4 Å². The Balaban J connectivity index is 1.58. The third-order valence-electron chi connectivity index (χ3n) is 5.16. The fraction of sp³-hybridized carbons (Fsp3) is 0.300. The minimum Gasteiger partial charge on any atom is -0.347 e. The van der Waals surface area contributed by atoms with Crippen LogP contribution in [0.5, 0.6) is 0 Å². The Hall–Kier alpha value is -2.11. The standard InChI is InChI=1S/C20H22N2O2S/c1-21-19-10-6-5-9-17(19)18-15-22(13-11-20(18)21)25(23,24)14-12-16-7-3-2-4-8-16/h2-10H,11-15H2,1H3. The van der Waals surface area contributed by atoms with Crippen molar-refractivity contribution in [3.63, 3.8) is 0 Å². The molecule has 0 saturated carbocycles. The van der Waals surface area contributed by atoms with E-state index in [1.54, 1.807) is 4.31 Å². The zero-order valence-electron chi connectivity index (χ0n) is 14.4. The second kappa shape index (κ2) is 6.32. The zero-order valence-corrected chi connectivity index (χ0v) is 15.2. The summed E-state index contributed by atoms with van der Waals surface area (Å²) in [6.45, 7) is 1.04. The minimum absolute atomic E-state index is 0.164. The van der Waals surface area contributed by atoms with Gasteiger partial charge in [0.05, 0.1) is 5.75 Å². The molecule has 25 heavy (non-hydrogen) atoms. The zero-order chi connectivity index (χ0) is 17.4. The summed E-state index contributed by atoms with van der Waals surface area (Å²) in [4.78, 5) is 0. The molecule has 5 heteroatoms. The number of fused-ring (bicyclic) bond motifs is 3. The van der Waals surface area contributed by atoms with Gasteiger partial charge in [0.15, 0.2) is 0 Å². The molecule has 4 rings (SSSR count). The van der Waals surface area contributed by atoms with Crippen LogP contribution in [0, 0.1) is 0 Å². The Morgan fingerprint density at radius 2 is 1.72 bits per heavy atom. The van der Waals surface area contributed by atoms with Crippen LogP contribution in [-0.4, -0.2) is 29.6 Å². The maximum absolute atomic E-state index is 12.8. The molecule has 0 fully saturated rings. The van der Waals surface area contributed by atoms with Crippen molar-refractivity contribution in [2.75, 3.05) is 12.3 Å². The van der Waals surface area contributed by atoms with E-state index in [0.717, 1.165) is 17.5 Å². The summed E-state index contributed by atoms with van der Waals surface area (Å²) in [5, 5.41) is 1.17. The summed E-state index contributed by atoms with van der Waals surface area (Å²) in [5.41, 5.74) is 4.66. The predicted molar refractivity (Wildman–Crippen MR) is 101 cm³/mol. The molecule has 0 N–H and O–H groups in total. The Morgan fingerprint density at radius 1 is 1.00 bits per heavy atom. The molecule has 0 amide bonds. The topological polar surface area (TPSA) is 42.3 Å². The van der Waals surface area contributed by atoms with Gasteiger partial charge in [-0.3, -0.25) is 0 Å². The van der Waals surface area contributed by atoms with Gasteiger partial charge in [-0.2, -0.15) is 4.31 Å². The van der Waals surface area contributed by atoms with E-state index in [2.05, 4.69) is 23.7 Å². The summed E-state index contributed by atoms with van der Waals surface area (Å²) < 4.78 is 29.5. The van der Waals surface area contributed by atoms with Crippen LogP contribution in [0.4, 0.5) is 0 Å². The van der Waals surface area contributed by atoms with Gasteiger partial charge < -0.3 is 4.57 Å². The minimum atomic E-state index is -3.26. The van der Waals surface area contributed by atoms with Crippen LogP contribution in [-0.2, 0) is 36.5 Å². The van der Waals surface area contributed by atoms with Crippen molar-refractivity contribution in [1.29, 1.82) is 0 Å². The predicted octanol–water partition coefficient (Wildman–Crippen LogP) is 3.11. The van der Waals surface area contributed by atoms with Crippen LogP contribution >= 0.6 is 0 Å². The SMILES string of the molecule is Cn1c2c(c3ccccc31)CN(S(=O)(=O)CCc1ccccc1)CC2. The Kier molecular flexibility index (Phi) is 4.13. The van der Waals surface area contributed by atoms with Gasteiger partial charge in [-0.25, -0.2) is 8.42 Å². The van der Waals surface area contributed by atoms with E-state index in [-0.39, 0.29) is 5.75 Å². The lowest BCUT2D eigenvalue weighted by Crippen LogP contribution is -2.38. The van der Waals surface area contributed by atoms with Crippen LogP contribution in [0.3, 0.4) is 0 Å². The van der Waals surface area contributed by atoms with Crippen LogP contribution in [0.1, 0.15) is 16.8 Å². The first-order chi connectivity index (χ1) is 12.1. The lowest BCUT2D eigenvalue weighted by atomic mass is 10.1. The van der Waals surface area contributed by atoms with E-state index in [1.807, 2.05) is 42.5 Å². The number of hydrogen-bond donors (Lipinski definition) is 0. The van der Waals surface area contributed by atoms with E-state index >= 15 is 0 Å². The highest BCUT2D eigenvalue weighted by molar-refractivity contribution is 7.89. The Bertz CT molecular complexity index is 1010. The van der Waals surface area contributed by atoms with Crippen molar-refractivity contribution in [1.82, 2.24) is 8.87 Å². The molecule has 0 saturated heterocycles.